The van der Waals surface area contributed by atoms with Crippen LogP contribution in [0.4, 0.5) is 0 Å². The summed E-state index contributed by atoms with van der Waals surface area (Å²) in [4.78, 5) is 15.6. The third-order valence-electron chi connectivity index (χ3n) is 4.70. The van der Waals surface area contributed by atoms with Crippen molar-refractivity contribution in [3.63, 3.8) is 0 Å². The molecule has 2 aromatic rings. The monoisotopic (exact) mass is 300 g/mol. The highest BCUT2D eigenvalue weighted by Crippen LogP contribution is 2.23. The molecule has 22 heavy (non-hydrogen) atoms. The van der Waals surface area contributed by atoms with Gasteiger partial charge < -0.3 is 15.4 Å². The molecule has 4 heteroatoms. The minimum Gasteiger partial charge on any atom is -0.391 e. The number of aryl methyl sites for hydroxylation is 1. The topological polar surface area (TPSA) is 65.1 Å². The zero-order valence-corrected chi connectivity index (χ0v) is 13.1. The van der Waals surface area contributed by atoms with E-state index in [2.05, 4.69) is 29.4 Å². The number of aromatic nitrogens is 1. The van der Waals surface area contributed by atoms with Crippen LogP contribution >= 0.6 is 0 Å². The quantitative estimate of drug-likeness (QED) is 0.813. The highest BCUT2D eigenvalue weighted by atomic mass is 16.3. The molecule has 118 valence electrons. The van der Waals surface area contributed by atoms with E-state index in [-0.39, 0.29) is 11.9 Å². The van der Waals surface area contributed by atoms with Gasteiger partial charge in [0.1, 0.15) is 0 Å². The first-order valence-electron chi connectivity index (χ1n) is 8.24. The second-order valence-corrected chi connectivity index (χ2v) is 6.21. The highest BCUT2D eigenvalue weighted by molar-refractivity contribution is 5.90. The van der Waals surface area contributed by atoms with E-state index in [1.807, 2.05) is 12.3 Å². The van der Waals surface area contributed by atoms with Crippen molar-refractivity contribution in [1.82, 2.24) is 10.3 Å². The molecule has 2 atom stereocenters. The summed E-state index contributed by atoms with van der Waals surface area (Å²) in [6, 6.07) is 6.13. The fourth-order valence-electron chi connectivity index (χ4n) is 3.43. The van der Waals surface area contributed by atoms with Crippen molar-refractivity contribution >= 4 is 16.8 Å². The Labute approximate surface area is 130 Å². The Morgan fingerprint density at radius 3 is 2.91 bits per heavy atom. The van der Waals surface area contributed by atoms with E-state index in [0.717, 1.165) is 48.6 Å². The second-order valence-electron chi connectivity index (χ2n) is 6.21. The lowest BCUT2D eigenvalue weighted by atomic mass is 9.92. The maximum absolute atomic E-state index is 12.3. The average molecular weight is 300 g/mol. The van der Waals surface area contributed by atoms with Gasteiger partial charge in [-0.25, -0.2) is 0 Å². The number of benzene rings is 1. The molecule has 1 heterocycles. The van der Waals surface area contributed by atoms with Crippen molar-refractivity contribution in [2.75, 3.05) is 0 Å². The van der Waals surface area contributed by atoms with Crippen molar-refractivity contribution in [2.45, 2.75) is 57.6 Å². The Hall–Kier alpha value is -1.81. The molecule has 0 saturated heterocycles. The number of aliphatic hydroxyl groups is 1. The number of hydrogen-bond donors (Lipinski definition) is 3. The summed E-state index contributed by atoms with van der Waals surface area (Å²) in [7, 11) is 0. The van der Waals surface area contributed by atoms with Crippen LogP contribution in [-0.2, 0) is 17.6 Å². The van der Waals surface area contributed by atoms with Gasteiger partial charge in [-0.2, -0.15) is 0 Å². The zero-order chi connectivity index (χ0) is 15.5. The second kappa shape index (κ2) is 6.53. The highest BCUT2D eigenvalue weighted by Gasteiger charge is 2.24. The molecule has 1 fully saturated rings. The number of carbonyl (C=O) groups is 1. The molecule has 1 aliphatic carbocycles. The van der Waals surface area contributed by atoms with Crippen LogP contribution in [0.1, 0.15) is 43.7 Å². The van der Waals surface area contributed by atoms with Gasteiger partial charge in [0.25, 0.3) is 0 Å². The Morgan fingerprint density at radius 2 is 2.14 bits per heavy atom. The van der Waals surface area contributed by atoms with E-state index in [4.69, 9.17) is 0 Å². The first-order valence-corrected chi connectivity index (χ1v) is 8.24. The fourth-order valence-corrected chi connectivity index (χ4v) is 3.43. The summed E-state index contributed by atoms with van der Waals surface area (Å²) in [5, 5.41) is 14.1. The van der Waals surface area contributed by atoms with Crippen molar-refractivity contribution in [1.29, 1.82) is 0 Å². The number of aliphatic hydroxyl groups excluding tert-OH is 1. The maximum atomic E-state index is 12.3. The lowest BCUT2D eigenvalue weighted by molar-refractivity contribution is -0.122. The van der Waals surface area contributed by atoms with E-state index in [1.165, 1.54) is 5.56 Å². The van der Waals surface area contributed by atoms with Crippen LogP contribution in [0.5, 0.6) is 0 Å². The van der Waals surface area contributed by atoms with Crippen LogP contribution in [0, 0.1) is 0 Å². The first kappa shape index (κ1) is 15.1. The number of amides is 1. The summed E-state index contributed by atoms with van der Waals surface area (Å²) in [5.41, 5.74) is 3.42. The average Bonchev–Trinajstić information content (AvgIpc) is 2.92. The standard InChI is InChI=1S/C18H24N2O2/c1-2-12-6-5-7-14-13(11-19-18(12)14)10-17(22)20-15-8-3-4-9-16(15)21/h5-7,11,15-16,19,21H,2-4,8-10H2,1H3,(H,20,22). The summed E-state index contributed by atoms with van der Waals surface area (Å²) >= 11 is 0. The molecule has 1 amide bonds. The third kappa shape index (κ3) is 3.02. The molecule has 0 radical (unpaired) electrons. The number of fused-ring (bicyclic) bond motifs is 1. The number of carbonyl (C=O) groups excluding carboxylic acids is 1. The predicted octanol–water partition coefficient (Wildman–Crippen LogP) is 2.69. The van der Waals surface area contributed by atoms with Gasteiger partial charge in [-0.3, -0.25) is 4.79 Å². The normalized spacial score (nSPS) is 21.9. The smallest absolute Gasteiger partial charge is 0.224 e. The molecule has 1 aromatic carbocycles. The lowest BCUT2D eigenvalue weighted by Crippen LogP contribution is -2.45. The van der Waals surface area contributed by atoms with Gasteiger partial charge in [0.2, 0.25) is 5.91 Å². The van der Waals surface area contributed by atoms with Gasteiger partial charge in [0, 0.05) is 17.1 Å². The molecule has 4 nitrogen and oxygen atoms in total. The van der Waals surface area contributed by atoms with Crippen molar-refractivity contribution in [3.8, 4) is 0 Å². The Balaban J connectivity index is 1.71. The van der Waals surface area contributed by atoms with E-state index in [0.29, 0.717) is 6.42 Å². The number of nitrogens with one attached hydrogen (secondary N) is 2. The molecule has 3 rings (SSSR count). The predicted molar refractivity (Wildman–Crippen MR) is 87.8 cm³/mol. The largest absolute Gasteiger partial charge is 0.391 e. The molecule has 1 aliphatic rings. The SMILES string of the molecule is CCc1cccc2c(CC(=O)NC3CCCCC3O)c[nH]c12. The van der Waals surface area contributed by atoms with Crippen LogP contribution in [0.3, 0.4) is 0 Å². The minimum atomic E-state index is -0.396. The van der Waals surface area contributed by atoms with Crippen LogP contribution in [0.25, 0.3) is 10.9 Å². The number of para-hydroxylation sites is 1. The summed E-state index contributed by atoms with van der Waals surface area (Å²) in [6.45, 7) is 2.13. The van der Waals surface area contributed by atoms with Gasteiger partial charge in [-0.05, 0) is 30.4 Å². The Bertz CT molecular complexity index is 662. The number of rotatable bonds is 4. The molecule has 0 spiro atoms. The third-order valence-corrected chi connectivity index (χ3v) is 4.70. The van der Waals surface area contributed by atoms with Crippen LogP contribution < -0.4 is 5.32 Å². The number of hydrogen-bond acceptors (Lipinski definition) is 2. The minimum absolute atomic E-state index is 0.00579. The van der Waals surface area contributed by atoms with Crippen LogP contribution in [0.15, 0.2) is 24.4 Å². The van der Waals surface area contributed by atoms with Gasteiger partial charge >= 0.3 is 0 Å². The van der Waals surface area contributed by atoms with Crippen molar-refractivity contribution in [3.05, 3.63) is 35.5 Å². The summed E-state index contributed by atoms with van der Waals surface area (Å²) < 4.78 is 0. The van der Waals surface area contributed by atoms with E-state index >= 15 is 0 Å². The van der Waals surface area contributed by atoms with Gasteiger partial charge in [0.05, 0.1) is 18.6 Å². The fraction of sp³-hybridized carbons (Fsp3) is 0.500. The summed E-state index contributed by atoms with van der Waals surface area (Å²) in [5.74, 6) is -0.00579. The van der Waals surface area contributed by atoms with Crippen LogP contribution in [-0.4, -0.2) is 28.1 Å². The molecule has 1 aromatic heterocycles. The number of aromatic amines is 1. The van der Waals surface area contributed by atoms with Gasteiger partial charge in [-0.15, -0.1) is 0 Å². The Kier molecular flexibility index (Phi) is 4.48. The molecule has 3 N–H and O–H groups in total. The van der Waals surface area contributed by atoms with Gasteiger partial charge in [0.15, 0.2) is 0 Å². The lowest BCUT2D eigenvalue weighted by Gasteiger charge is -2.28. The molecule has 0 aliphatic heterocycles. The molecule has 2 unspecified atom stereocenters. The van der Waals surface area contributed by atoms with E-state index < -0.39 is 6.10 Å². The van der Waals surface area contributed by atoms with Crippen molar-refractivity contribution in [2.24, 2.45) is 0 Å². The number of H-pyrrole nitrogens is 1. The zero-order valence-electron chi connectivity index (χ0n) is 13.1. The molecular formula is C18H24N2O2. The maximum Gasteiger partial charge on any atom is 0.224 e. The van der Waals surface area contributed by atoms with E-state index in [1.54, 1.807) is 0 Å². The Morgan fingerprint density at radius 1 is 1.32 bits per heavy atom. The molecular weight excluding hydrogens is 276 g/mol. The van der Waals surface area contributed by atoms with E-state index in [9.17, 15) is 9.90 Å². The van der Waals surface area contributed by atoms with Gasteiger partial charge in [-0.1, -0.05) is 38.0 Å². The van der Waals surface area contributed by atoms with Crippen LogP contribution in [0.2, 0.25) is 0 Å². The first-order chi connectivity index (χ1) is 10.7. The van der Waals surface area contributed by atoms with Crippen molar-refractivity contribution < 1.29 is 9.90 Å². The molecule has 0 bridgehead atoms. The summed E-state index contributed by atoms with van der Waals surface area (Å²) in [6.07, 6.45) is 6.66. The molecule has 1 saturated carbocycles.